The number of hydrogen-bond acceptors (Lipinski definition) is 5. The van der Waals surface area contributed by atoms with Crippen LogP contribution in [0.15, 0.2) is 23.5 Å². The van der Waals surface area contributed by atoms with Crippen molar-refractivity contribution in [2.75, 3.05) is 6.61 Å². The van der Waals surface area contributed by atoms with E-state index in [1.807, 2.05) is 0 Å². The molecule has 1 unspecified atom stereocenters. The van der Waals surface area contributed by atoms with Gasteiger partial charge in [0.1, 0.15) is 0 Å². The Kier molecular flexibility index (Phi) is 4.12. The predicted octanol–water partition coefficient (Wildman–Crippen LogP) is 1.10. The van der Waals surface area contributed by atoms with E-state index in [9.17, 15) is 20.2 Å². The summed E-state index contributed by atoms with van der Waals surface area (Å²) in [4.78, 5) is 19.7. The van der Waals surface area contributed by atoms with E-state index >= 15 is 0 Å². The number of aliphatic hydroxyl groups is 1. The summed E-state index contributed by atoms with van der Waals surface area (Å²) < 4.78 is 0. The quantitative estimate of drug-likeness (QED) is 0.560. The van der Waals surface area contributed by atoms with Crippen molar-refractivity contribution in [1.82, 2.24) is 0 Å². The van der Waals surface area contributed by atoms with Crippen molar-refractivity contribution in [3.8, 4) is 0 Å². The highest BCUT2D eigenvalue weighted by Gasteiger charge is 2.32. The van der Waals surface area contributed by atoms with E-state index in [0.29, 0.717) is 19.3 Å². The van der Waals surface area contributed by atoms with E-state index in [1.54, 1.807) is 0 Å². The molecule has 0 saturated carbocycles. The molecule has 0 fully saturated rings. The van der Waals surface area contributed by atoms with Gasteiger partial charge in [0.2, 0.25) is 0 Å². The normalized spacial score (nSPS) is 19.9. The molecule has 0 aromatic rings. The molecule has 88 valence electrons. The van der Waals surface area contributed by atoms with Crippen LogP contribution < -0.4 is 0 Å². The van der Waals surface area contributed by atoms with Crippen LogP contribution in [0.25, 0.3) is 0 Å². The van der Waals surface area contributed by atoms with Crippen LogP contribution in [0, 0.1) is 26.1 Å². The molecule has 0 spiro atoms. The van der Waals surface area contributed by atoms with Gasteiger partial charge in [0.25, 0.3) is 0 Å². The Morgan fingerprint density at radius 2 is 1.94 bits per heavy atom. The van der Waals surface area contributed by atoms with Gasteiger partial charge in [-0.1, -0.05) is 0 Å². The van der Waals surface area contributed by atoms with Crippen molar-refractivity contribution in [1.29, 1.82) is 0 Å². The van der Waals surface area contributed by atoms with Crippen LogP contribution >= 0.6 is 0 Å². The van der Waals surface area contributed by atoms with Crippen LogP contribution in [0.5, 0.6) is 0 Å². The van der Waals surface area contributed by atoms with Gasteiger partial charge in [0.05, 0.1) is 9.85 Å². The molecule has 16 heavy (non-hydrogen) atoms. The average molecular weight is 228 g/mol. The average Bonchev–Trinajstić information content (AvgIpc) is 2.25. The Balaban J connectivity index is 2.82. The molecule has 1 aliphatic rings. The van der Waals surface area contributed by atoms with Crippen LogP contribution in [-0.2, 0) is 0 Å². The number of nitro groups is 2. The number of rotatable bonds is 5. The lowest BCUT2D eigenvalue weighted by Gasteiger charge is -2.12. The minimum Gasteiger partial charge on any atom is -0.396 e. The molecule has 1 N–H and O–H groups in total. The molecule has 7 heteroatoms. The number of allylic oxidation sites excluding steroid dienone is 2. The summed E-state index contributed by atoms with van der Waals surface area (Å²) in [6.07, 6.45) is 4.13. The van der Waals surface area contributed by atoms with Gasteiger partial charge in [-0.2, -0.15) is 0 Å². The summed E-state index contributed by atoms with van der Waals surface area (Å²) in [5.74, 6) is -0.101. The molecule has 0 amide bonds. The van der Waals surface area contributed by atoms with E-state index in [-0.39, 0.29) is 12.5 Å². The molecule has 0 aromatic carbocycles. The standard InChI is InChI=1S/C9H12N2O5/c12-5-1-2-7-3-4-8(10(13)14)9(6-7)11(15)16/h4,6-7,12H,1-3,5H2. The van der Waals surface area contributed by atoms with Crippen molar-refractivity contribution in [2.24, 2.45) is 5.92 Å². The lowest BCUT2D eigenvalue weighted by Crippen LogP contribution is -2.16. The molecule has 0 radical (unpaired) electrons. The van der Waals surface area contributed by atoms with Gasteiger partial charge in [-0.15, -0.1) is 0 Å². The van der Waals surface area contributed by atoms with Gasteiger partial charge < -0.3 is 5.11 Å². The molecular formula is C9H12N2O5. The Bertz CT molecular complexity index is 361. The number of nitrogens with zero attached hydrogens (tertiary/aromatic N) is 2. The predicted molar refractivity (Wildman–Crippen MR) is 54.6 cm³/mol. The Hall–Kier alpha value is -1.76. The van der Waals surface area contributed by atoms with Gasteiger partial charge in [-0.3, -0.25) is 20.2 Å². The van der Waals surface area contributed by atoms with Crippen molar-refractivity contribution in [3.05, 3.63) is 43.8 Å². The molecule has 0 bridgehead atoms. The Morgan fingerprint density at radius 3 is 2.44 bits per heavy atom. The molecule has 0 aromatic heterocycles. The van der Waals surface area contributed by atoms with Crippen LogP contribution in [0.2, 0.25) is 0 Å². The minimum atomic E-state index is -0.739. The molecule has 1 rings (SSSR count). The maximum Gasteiger partial charge on any atom is 0.342 e. The molecule has 1 aliphatic carbocycles. The second-order valence-electron chi connectivity index (χ2n) is 3.52. The van der Waals surface area contributed by atoms with Crippen molar-refractivity contribution >= 4 is 0 Å². The highest BCUT2D eigenvalue weighted by Crippen LogP contribution is 2.26. The summed E-state index contributed by atoms with van der Waals surface area (Å²) in [7, 11) is 0. The smallest absolute Gasteiger partial charge is 0.342 e. The summed E-state index contributed by atoms with van der Waals surface area (Å²) in [5, 5.41) is 29.8. The second kappa shape index (κ2) is 5.36. The fourth-order valence-electron chi connectivity index (χ4n) is 1.62. The van der Waals surface area contributed by atoms with Gasteiger partial charge in [-0.25, -0.2) is 0 Å². The van der Waals surface area contributed by atoms with Gasteiger partial charge in [0.15, 0.2) is 0 Å². The lowest BCUT2D eigenvalue weighted by atomic mass is 9.93. The largest absolute Gasteiger partial charge is 0.396 e. The summed E-state index contributed by atoms with van der Waals surface area (Å²) >= 11 is 0. The Labute approximate surface area is 91.4 Å². The third-order valence-corrected chi connectivity index (χ3v) is 2.40. The molecule has 0 saturated heterocycles. The van der Waals surface area contributed by atoms with Crippen LogP contribution in [0.1, 0.15) is 19.3 Å². The Morgan fingerprint density at radius 1 is 1.31 bits per heavy atom. The van der Waals surface area contributed by atoms with Gasteiger partial charge >= 0.3 is 11.4 Å². The zero-order chi connectivity index (χ0) is 12.1. The first-order valence-corrected chi connectivity index (χ1v) is 4.88. The molecule has 0 heterocycles. The van der Waals surface area contributed by atoms with Crippen LogP contribution in [0.3, 0.4) is 0 Å². The maximum atomic E-state index is 10.6. The monoisotopic (exact) mass is 228 g/mol. The van der Waals surface area contributed by atoms with E-state index in [1.165, 1.54) is 12.2 Å². The molecular weight excluding hydrogens is 216 g/mol. The van der Waals surface area contributed by atoms with Crippen molar-refractivity contribution in [2.45, 2.75) is 19.3 Å². The molecule has 1 atom stereocenters. The van der Waals surface area contributed by atoms with Crippen LogP contribution in [0.4, 0.5) is 0 Å². The number of hydrogen-bond donors (Lipinski definition) is 1. The summed E-state index contributed by atoms with van der Waals surface area (Å²) in [6, 6.07) is 0. The zero-order valence-corrected chi connectivity index (χ0v) is 8.54. The van der Waals surface area contributed by atoms with E-state index < -0.39 is 21.2 Å². The first kappa shape index (κ1) is 12.3. The lowest BCUT2D eigenvalue weighted by molar-refractivity contribution is -0.480. The first-order valence-electron chi connectivity index (χ1n) is 4.88. The van der Waals surface area contributed by atoms with Gasteiger partial charge in [0, 0.05) is 18.8 Å². The second-order valence-corrected chi connectivity index (χ2v) is 3.52. The first-order chi connectivity index (χ1) is 7.56. The SMILES string of the molecule is O=[N+]([O-])C1=CCC(CCCO)C=C1[N+](=O)[O-]. The summed E-state index contributed by atoms with van der Waals surface area (Å²) in [6.45, 7) is 0.0178. The molecule has 7 nitrogen and oxygen atoms in total. The van der Waals surface area contributed by atoms with E-state index in [2.05, 4.69) is 0 Å². The summed E-state index contributed by atoms with van der Waals surface area (Å²) in [5.41, 5.74) is -0.885. The fraction of sp³-hybridized carbons (Fsp3) is 0.556. The van der Waals surface area contributed by atoms with Gasteiger partial charge in [-0.05, 0) is 25.2 Å². The van der Waals surface area contributed by atoms with E-state index in [0.717, 1.165) is 0 Å². The van der Waals surface area contributed by atoms with Crippen LogP contribution in [-0.4, -0.2) is 21.6 Å². The highest BCUT2D eigenvalue weighted by molar-refractivity contribution is 5.23. The number of aliphatic hydroxyl groups excluding tert-OH is 1. The molecule has 0 aliphatic heterocycles. The van der Waals surface area contributed by atoms with E-state index in [4.69, 9.17) is 5.11 Å². The third-order valence-electron chi connectivity index (χ3n) is 2.40. The zero-order valence-electron chi connectivity index (χ0n) is 8.54. The minimum absolute atomic E-state index is 0.0178. The maximum absolute atomic E-state index is 10.6. The van der Waals surface area contributed by atoms with Crippen molar-refractivity contribution in [3.63, 3.8) is 0 Å². The van der Waals surface area contributed by atoms with Crippen molar-refractivity contribution < 1.29 is 15.0 Å². The fourth-order valence-corrected chi connectivity index (χ4v) is 1.62. The topological polar surface area (TPSA) is 107 Å². The highest BCUT2D eigenvalue weighted by atomic mass is 16.6. The third kappa shape index (κ3) is 2.86.